The van der Waals surface area contributed by atoms with Crippen LogP contribution in [0.25, 0.3) is 11.1 Å². The van der Waals surface area contributed by atoms with Gasteiger partial charge in [0.25, 0.3) is 0 Å². The highest BCUT2D eigenvalue weighted by atomic mass is 14.1. The molecule has 0 radical (unpaired) electrons. The van der Waals surface area contributed by atoms with Crippen LogP contribution in [0.15, 0.2) is 42.5 Å². The van der Waals surface area contributed by atoms with Crippen molar-refractivity contribution in [1.29, 1.82) is 0 Å². The van der Waals surface area contributed by atoms with Crippen LogP contribution in [0.4, 0.5) is 0 Å². The summed E-state index contributed by atoms with van der Waals surface area (Å²) in [5, 5.41) is 0. The lowest BCUT2D eigenvalue weighted by Crippen LogP contribution is -1.86. The van der Waals surface area contributed by atoms with Gasteiger partial charge in [0.15, 0.2) is 0 Å². The molecule has 0 nitrogen and oxygen atoms in total. The molecule has 0 aliphatic carbocycles. The molecule has 0 spiro atoms. The van der Waals surface area contributed by atoms with E-state index in [4.69, 9.17) is 6.42 Å². The summed E-state index contributed by atoms with van der Waals surface area (Å²) < 4.78 is 0. The first-order valence-electron chi connectivity index (χ1n) is 5.35. The maximum absolute atomic E-state index is 5.53. The summed E-state index contributed by atoms with van der Waals surface area (Å²) in [6.45, 7) is 4.18. The summed E-state index contributed by atoms with van der Waals surface area (Å²) >= 11 is 0. The largest absolute Gasteiger partial charge is 0.115 e. The van der Waals surface area contributed by atoms with Crippen LogP contribution in [-0.4, -0.2) is 0 Å². The van der Waals surface area contributed by atoms with E-state index in [0.29, 0.717) is 0 Å². The van der Waals surface area contributed by atoms with Gasteiger partial charge in [0, 0.05) is 5.56 Å². The number of aryl methyl sites for hydroxylation is 2. The van der Waals surface area contributed by atoms with Crippen molar-refractivity contribution >= 4 is 0 Å². The summed E-state index contributed by atoms with van der Waals surface area (Å²) in [5.41, 5.74) is 5.77. The first-order chi connectivity index (χ1) is 7.70. The number of hydrogen-bond donors (Lipinski definition) is 0. The summed E-state index contributed by atoms with van der Waals surface area (Å²) in [7, 11) is 0. The second-order valence-corrected chi connectivity index (χ2v) is 4.06. The molecular formula is C16H14. The van der Waals surface area contributed by atoms with Gasteiger partial charge in [-0.1, -0.05) is 53.4 Å². The molecule has 0 heterocycles. The zero-order chi connectivity index (χ0) is 11.5. The Morgan fingerprint density at radius 3 is 2.38 bits per heavy atom. The standard InChI is InChI=1S/C16H14/c1-4-14-9-8-13(3)11-16(14)15-7-5-6-12(2)10-15/h1,5-11H,2-3H3. The van der Waals surface area contributed by atoms with E-state index in [9.17, 15) is 0 Å². The molecular weight excluding hydrogens is 192 g/mol. The Hall–Kier alpha value is -2.00. The van der Waals surface area contributed by atoms with Crippen LogP contribution in [0.2, 0.25) is 0 Å². The van der Waals surface area contributed by atoms with E-state index in [1.54, 1.807) is 0 Å². The Morgan fingerprint density at radius 1 is 0.938 bits per heavy atom. The molecule has 0 aliphatic heterocycles. The van der Waals surface area contributed by atoms with E-state index in [1.165, 1.54) is 16.7 Å². The molecule has 0 aliphatic rings. The Morgan fingerprint density at radius 2 is 1.69 bits per heavy atom. The van der Waals surface area contributed by atoms with E-state index in [0.717, 1.165) is 11.1 Å². The molecule has 0 N–H and O–H groups in total. The lowest BCUT2D eigenvalue weighted by atomic mass is 9.97. The molecule has 2 aromatic carbocycles. The third-order valence-corrected chi connectivity index (χ3v) is 2.66. The summed E-state index contributed by atoms with van der Waals surface area (Å²) in [5.74, 6) is 2.74. The molecule has 0 amide bonds. The van der Waals surface area contributed by atoms with E-state index in [-0.39, 0.29) is 0 Å². The van der Waals surface area contributed by atoms with E-state index in [1.807, 2.05) is 6.07 Å². The molecule has 2 aromatic rings. The molecule has 0 bridgehead atoms. The first kappa shape index (κ1) is 10.5. The average molecular weight is 206 g/mol. The highest BCUT2D eigenvalue weighted by molar-refractivity contribution is 5.72. The van der Waals surface area contributed by atoms with Crippen molar-refractivity contribution in [3.63, 3.8) is 0 Å². The number of terminal acetylenes is 1. The minimum atomic E-state index is 0.955. The van der Waals surface area contributed by atoms with Gasteiger partial charge < -0.3 is 0 Å². The molecule has 0 saturated heterocycles. The van der Waals surface area contributed by atoms with Crippen LogP contribution in [-0.2, 0) is 0 Å². The molecule has 2 rings (SSSR count). The Kier molecular flexibility index (Phi) is 2.79. The predicted molar refractivity (Wildman–Crippen MR) is 69.3 cm³/mol. The third kappa shape index (κ3) is 1.99. The minimum absolute atomic E-state index is 0.955. The predicted octanol–water partition coefficient (Wildman–Crippen LogP) is 3.95. The molecule has 0 aromatic heterocycles. The van der Waals surface area contributed by atoms with Crippen molar-refractivity contribution in [1.82, 2.24) is 0 Å². The van der Waals surface area contributed by atoms with Crippen molar-refractivity contribution in [2.24, 2.45) is 0 Å². The maximum atomic E-state index is 5.53. The van der Waals surface area contributed by atoms with Crippen molar-refractivity contribution < 1.29 is 0 Å². The van der Waals surface area contributed by atoms with Gasteiger partial charge in [0.05, 0.1) is 0 Å². The van der Waals surface area contributed by atoms with Crippen LogP contribution in [0.3, 0.4) is 0 Å². The van der Waals surface area contributed by atoms with Crippen LogP contribution < -0.4 is 0 Å². The van der Waals surface area contributed by atoms with Gasteiger partial charge in [-0.25, -0.2) is 0 Å². The second kappa shape index (κ2) is 4.24. The zero-order valence-corrected chi connectivity index (χ0v) is 9.62. The summed E-state index contributed by atoms with van der Waals surface area (Å²) in [6.07, 6.45) is 5.53. The van der Waals surface area contributed by atoms with Crippen LogP contribution in [0, 0.1) is 26.2 Å². The van der Waals surface area contributed by atoms with Gasteiger partial charge in [0.2, 0.25) is 0 Å². The smallest absolute Gasteiger partial charge is 0.0321 e. The topological polar surface area (TPSA) is 0 Å². The number of hydrogen-bond acceptors (Lipinski definition) is 0. The lowest BCUT2D eigenvalue weighted by molar-refractivity contribution is 1.43. The maximum Gasteiger partial charge on any atom is 0.0321 e. The molecule has 0 heteroatoms. The van der Waals surface area contributed by atoms with Gasteiger partial charge in [-0.15, -0.1) is 6.42 Å². The van der Waals surface area contributed by atoms with Gasteiger partial charge in [0.1, 0.15) is 0 Å². The van der Waals surface area contributed by atoms with Gasteiger partial charge in [-0.3, -0.25) is 0 Å². The van der Waals surface area contributed by atoms with E-state index < -0.39 is 0 Å². The quantitative estimate of drug-likeness (QED) is 0.620. The fraction of sp³-hybridized carbons (Fsp3) is 0.125. The SMILES string of the molecule is C#Cc1ccc(C)cc1-c1cccc(C)c1. The van der Waals surface area contributed by atoms with E-state index >= 15 is 0 Å². The van der Waals surface area contributed by atoms with Gasteiger partial charge in [-0.2, -0.15) is 0 Å². The molecule has 0 atom stereocenters. The van der Waals surface area contributed by atoms with Crippen molar-refractivity contribution in [2.75, 3.05) is 0 Å². The van der Waals surface area contributed by atoms with Crippen LogP contribution in [0.1, 0.15) is 16.7 Å². The van der Waals surface area contributed by atoms with Crippen molar-refractivity contribution in [2.45, 2.75) is 13.8 Å². The highest BCUT2D eigenvalue weighted by Gasteiger charge is 2.03. The van der Waals surface area contributed by atoms with E-state index in [2.05, 4.69) is 56.2 Å². The first-order valence-corrected chi connectivity index (χ1v) is 5.35. The fourth-order valence-corrected chi connectivity index (χ4v) is 1.84. The van der Waals surface area contributed by atoms with Crippen molar-refractivity contribution in [3.8, 4) is 23.5 Å². The fourth-order valence-electron chi connectivity index (χ4n) is 1.84. The monoisotopic (exact) mass is 206 g/mol. The van der Waals surface area contributed by atoms with Crippen LogP contribution in [0.5, 0.6) is 0 Å². The lowest BCUT2D eigenvalue weighted by Gasteiger charge is -2.07. The molecule has 78 valence electrons. The third-order valence-electron chi connectivity index (χ3n) is 2.66. The van der Waals surface area contributed by atoms with Crippen molar-refractivity contribution in [3.05, 3.63) is 59.2 Å². The Labute approximate surface area is 96.9 Å². The van der Waals surface area contributed by atoms with Crippen LogP contribution >= 0.6 is 0 Å². The minimum Gasteiger partial charge on any atom is -0.115 e. The number of rotatable bonds is 1. The second-order valence-electron chi connectivity index (χ2n) is 4.06. The molecule has 0 fully saturated rings. The van der Waals surface area contributed by atoms with Gasteiger partial charge >= 0.3 is 0 Å². The van der Waals surface area contributed by atoms with Gasteiger partial charge in [-0.05, 0) is 31.0 Å². The summed E-state index contributed by atoms with van der Waals surface area (Å²) in [6, 6.07) is 14.6. The molecule has 0 saturated carbocycles. The Balaban J connectivity index is 2.64. The Bertz CT molecular complexity index is 556. The molecule has 16 heavy (non-hydrogen) atoms. The summed E-state index contributed by atoms with van der Waals surface area (Å²) in [4.78, 5) is 0. The average Bonchev–Trinajstić information content (AvgIpc) is 2.29. The zero-order valence-electron chi connectivity index (χ0n) is 9.62. The number of benzene rings is 2. The highest BCUT2D eigenvalue weighted by Crippen LogP contribution is 2.25. The normalized spacial score (nSPS) is 9.81. The molecule has 0 unspecified atom stereocenters.